The summed E-state index contributed by atoms with van der Waals surface area (Å²) in [5.41, 5.74) is 4.79. The van der Waals surface area contributed by atoms with Gasteiger partial charge in [-0.1, -0.05) is 18.2 Å². The Hall–Kier alpha value is -2.83. The number of ether oxygens (including phenoxy) is 1. The zero-order valence-electron chi connectivity index (χ0n) is 18.6. The van der Waals surface area contributed by atoms with Crippen molar-refractivity contribution in [2.45, 2.75) is 45.1 Å². The summed E-state index contributed by atoms with van der Waals surface area (Å²) in [6.45, 7) is 4.35. The smallest absolute Gasteiger partial charge is 0.173 e. The molecule has 2 aromatic carbocycles. The van der Waals surface area contributed by atoms with E-state index in [1.54, 1.807) is 12.1 Å². The average Bonchev–Trinajstić information content (AvgIpc) is 3.49. The molecular weight excluding hydrogens is 436 g/mol. The first-order valence-electron chi connectivity index (χ1n) is 11.2. The molecule has 1 aliphatic carbocycles. The van der Waals surface area contributed by atoms with Gasteiger partial charge in [0.1, 0.15) is 23.1 Å². The maximum absolute atomic E-state index is 10.4. The predicted molar refractivity (Wildman–Crippen MR) is 126 cm³/mol. The monoisotopic (exact) mass is 462 g/mol. The standard InChI is InChI=1S/C25H26N4O3S/c1-14(2)32-21-7-6-15(10-17(21)13-26)24-27-25(33-28-24)19-5-3-4-18-20(19)11-16-12-22(31)29(8-9-30)23(16)18/h3-7,10,14,16,22-23,30-31H,8-9,11-12H2,1-2H3. The van der Waals surface area contributed by atoms with E-state index >= 15 is 0 Å². The average molecular weight is 463 g/mol. The van der Waals surface area contributed by atoms with Crippen LogP contribution in [0.15, 0.2) is 36.4 Å². The molecule has 0 saturated carbocycles. The number of likely N-dealkylation sites (tertiary alicyclic amines) is 1. The number of hydrogen-bond donors (Lipinski definition) is 2. The molecule has 7 nitrogen and oxygen atoms in total. The van der Waals surface area contributed by atoms with Crippen LogP contribution in [0.4, 0.5) is 0 Å². The molecule has 170 valence electrons. The summed E-state index contributed by atoms with van der Waals surface area (Å²) in [6, 6.07) is 14.0. The molecule has 0 bridgehead atoms. The molecule has 3 atom stereocenters. The van der Waals surface area contributed by atoms with Crippen LogP contribution in [0.5, 0.6) is 5.75 Å². The number of nitrogens with zero attached hydrogens (tertiary/aromatic N) is 4. The number of aromatic nitrogens is 2. The SMILES string of the molecule is CC(C)Oc1ccc(-c2nsc(-c3cccc4c3CC3CC(O)N(CCO)C43)n2)cc1C#N. The molecule has 3 unspecified atom stereocenters. The summed E-state index contributed by atoms with van der Waals surface area (Å²) in [7, 11) is 0. The van der Waals surface area contributed by atoms with Gasteiger partial charge in [-0.2, -0.15) is 9.64 Å². The molecule has 0 spiro atoms. The number of hydrogen-bond acceptors (Lipinski definition) is 8. The normalized spacial score (nSPS) is 21.8. The van der Waals surface area contributed by atoms with Crippen LogP contribution < -0.4 is 4.74 Å². The maximum Gasteiger partial charge on any atom is 0.173 e. The summed E-state index contributed by atoms with van der Waals surface area (Å²) in [5.74, 6) is 1.49. The molecule has 2 aliphatic rings. The van der Waals surface area contributed by atoms with Crippen LogP contribution in [0.3, 0.4) is 0 Å². The van der Waals surface area contributed by atoms with Crippen molar-refractivity contribution in [3.8, 4) is 33.8 Å². The summed E-state index contributed by atoms with van der Waals surface area (Å²) in [5, 5.41) is 30.3. The lowest BCUT2D eigenvalue weighted by atomic mass is 10.0. The fourth-order valence-electron chi connectivity index (χ4n) is 5.16. The molecule has 0 amide bonds. The third-order valence-electron chi connectivity index (χ3n) is 6.43. The van der Waals surface area contributed by atoms with E-state index in [9.17, 15) is 15.5 Å². The molecule has 1 aromatic heterocycles. The second-order valence-corrected chi connectivity index (χ2v) is 9.62. The first kappa shape index (κ1) is 22.0. The maximum atomic E-state index is 10.4. The Morgan fingerprint density at radius 3 is 2.91 bits per heavy atom. The molecule has 33 heavy (non-hydrogen) atoms. The number of aliphatic hydroxyl groups is 2. The highest BCUT2D eigenvalue weighted by Crippen LogP contribution is 2.50. The summed E-state index contributed by atoms with van der Waals surface area (Å²) >= 11 is 1.35. The van der Waals surface area contributed by atoms with Crippen molar-refractivity contribution in [2.24, 2.45) is 5.92 Å². The lowest BCUT2D eigenvalue weighted by molar-refractivity contribution is 0.00648. The van der Waals surface area contributed by atoms with Crippen LogP contribution in [-0.4, -0.2) is 50.0 Å². The molecular formula is C25H26N4O3S. The van der Waals surface area contributed by atoms with E-state index in [4.69, 9.17) is 9.72 Å². The Bertz CT molecular complexity index is 1220. The number of aliphatic hydroxyl groups excluding tert-OH is 2. The van der Waals surface area contributed by atoms with Crippen LogP contribution >= 0.6 is 11.5 Å². The fourth-order valence-corrected chi connectivity index (χ4v) is 5.89. The van der Waals surface area contributed by atoms with E-state index in [1.807, 2.05) is 30.9 Å². The fraction of sp³-hybridized carbons (Fsp3) is 0.400. The van der Waals surface area contributed by atoms with Crippen molar-refractivity contribution >= 4 is 11.5 Å². The van der Waals surface area contributed by atoms with Gasteiger partial charge in [-0.05, 0) is 73.5 Å². The summed E-state index contributed by atoms with van der Waals surface area (Å²) < 4.78 is 10.3. The van der Waals surface area contributed by atoms with Crippen molar-refractivity contribution in [1.82, 2.24) is 14.3 Å². The third kappa shape index (κ3) is 3.91. The Morgan fingerprint density at radius 1 is 1.30 bits per heavy atom. The number of nitriles is 1. The quantitative estimate of drug-likeness (QED) is 0.575. The van der Waals surface area contributed by atoms with Crippen LogP contribution in [0.25, 0.3) is 22.0 Å². The second kappa shape index (κ2) is 8.84. The second-order valence-electron chi connectivity index (χ2n) is 8.87. The summed E-state index contributed by atoms with van der Waals surface area (Å²) in [6.07, 6.45) is 1.07. The van der Waals surface area contributed by atoms with Gasteiger partial charge in [0.15, 0.2) is 5.82 Å². The van der Waals surface area contributed by atoms with Gasteiger partial charge in [-0.15, -0.1) is 0 Å². The molecule has 1 fully saturated rings. The highest BCUT2D eigenvalue weighted by atomic mass is 32.1. The van der Waals surface area contributed by atoms with E-state index in [2.05, 4.69) is 22.6 Å². The highest BCUT2D eigenvalue weighted by Gasteiger charge is 2.46. The summed E-state index contributed by atoms with van der Waals surface area (Å²) in [4.78, 5) is 6.82. The minimum atomic E-state index is -0.505. The number of β-amino-alcohol motifs (C(OH)–C–C–N with tert-alkyl or cyclic N) is 1. The van der Waals surface area contributed by atoms with Gasteiger partial charge in [0, 0.05) is 23.7 Å². The molecule has 1 aliphatic heterocycles. The van der Waals surface area contributed by atoms with Crippen LogP contribution in [0.1, 0.15) is 43.0 Å². The number of benzene rings is 2. The van der Waals surface area contributed by atoms with Gasteiger partial charge < -0.3 is 14.9 Å². The first-order valence-corrected chi connectivity index (χ1v) is 12.0. The largest absolute Gasteiger partial charge is 0.490 e. The number of rotatable bonds is 6. The Morgan fingerprint density at radius 2 is 2.15 bits per heavy atom. The van der Waals surface area contributed by atoms with Crippen molar-refractivity contribution < 1.29 is 14.9 Å². The van der Waals surface area contributed by atoms with Crippen molar-refractivity contribution in [3.63, 3.8) is 0 Å². The van der Waals surface area contributed by atoms with E-state index in [-0.39, 0.29) is 18.8 Å². The highest BCUT2D eigenvalue weighted by molar-refractivity contribution is 7.09. The van der Waals surface area contributed by atoms with Gasteiger partial charge in [-0.3, -0.25) is 4.90 Å². The van der Waals surface area contributed by atoms with E-state index in [0.29, 0.717) is 36.0 Å². The minimum Gasteiger partial charge on any atom is -0.490 e. The lowest BCUT2D eigenvalue weighted by Gasteiger charge is -2.26. The Labute approximate surface area is 197 Å². The molecule has 3 aromatic rings. The minimum absolute atomic E-state index is 0.0129. The zero-order chi connectivity index (χ0) is 23.1. The Kier molecular flexibility index (Phi) is 5.89. The van der Waals surface area contributed by atoms with Gasteiger partial charge >= 0.3 is 0 Å². The molecule has 0 radical (unpaired) electrons. The van der Waals surface area contributed by atoms with E-state index < -0.39 is 6.23 Å². The van der Waals surface area contributed by atoms with Crippen LogP contribution in [0.2, 0.25) is 0 Å². The first-order chi connectivity index (χ1) is 16.0. The van der Waals surface area contributed by atoms with Gasteiger partial charge in [0.05, 0.1) is 18.3 Å². The van der Waals surface area contributed by atoms with Gasteiger partial charge in [0.25, 0.3) is 0 Å². The number of fused-ring (bicyclic) bond motifs is 3. The lowest BCUT2D eigenvalue weighted by Crippen LogP contribution is -2.33. The zero-order valence-corrected chi connectivity index (χ0v) is 19.4. The predicted octanol–water partition coefficient (Wildman–Crippen LogP) is 3.76. The van der Waals surface area contributed by atoms with Crippen LogP contribution in [0, 0.1) is 17.2 Å². The molecule has 2 N–H and O–H groups in total. The van der Waals surface area contributed by atoms with Gasteiger partial charge in [-0.25, -0.2) is 4.98 Å². The van der Waals surface area contributed by atoms with E-state index in [0.717, 1.165) is 22.6 Å². The Balaban J connectivity index is 1.47. The topological polar surface area (TPSA) is 102 Å². The van der Waals surface area contributed by atoms with Crippen LogP contribution in [-0.2, 0) is 6.42 Å². The van der Waals surface area contributed by atoms with Crippen molar-refractivity contribution in [2.75, 3.05) is 13.2 Å². The third-order valence-corrected chi connectivity index (χ3v) is 7.18. The van der Waals surface area contributed by atoms with Crippen molar-refractivity contribution in [3.05, 3.63) is 53.1 Å². The molecule has 5 rings (SSSR count). The molecule has 2 heterocycles. The molecule has 1 saturated heterocycles. The van der Waals surface area contributed by atoms with Crippen molar-refractivity contribution in [1.29, 1.82) is 5.26 Å². The van der Waals surface area contributed by atoms with Gasteiger partial charge in [0.2, 0.25) is 0 Å². The molecule has 8 heteroatoms. The van der Waals surface area contributed by atoms with E-state index in [1.165, 1.54) is 22.7 Å².